The first-order chi connectivity index (χ1) is 13.0. The van der Waals surface area contributed by atoms with Gasteiger partial charge in [-0.15, -0.1) is 35.3 Å². The van der Waals surface area contributed by atoms with E-state index < -0.39 is 0 Å². The van der Waals surface area contributed by atoms with E-state index in [4.69, 9.17) is 11.6 Å². The van der Waals surface area contributed by atoms with Gasteiger partial charge in [0.05, 0.1) is 18.0 Å². The molecule has 0 bridgehead atoms. The summed E-state index contributed by atoms with van der Waals surface area (Å²) in [6, 6.07) is 7.49. The Labute approximate surface area is 192 Å². The Kier molecular flexibility index (Phi) is 8.97. The normalized spacial score (nSPS) is 14.6. The van der Waals surface area contributed by atoms with Gasteiger partial charge >= 0.3 is 0 Å². The van der Waals surface area contributed by atoms with E-state index in [-0.39, 0.29) is 29.9 Å². The third kappa shape index (κ3) is 6.31. The summed E-state index contributed by atoms with van der Waals surface area (Å²) in [4.78, 5) is 26.5. The van der Waals surface area contributed by atoms with Crippen LogP contribution in [0.5, 0.6) is 0 Å². The van der Waals surface area contributed by atoms with Gasteiger partial charge in [-0.2, -0.15) is 0 Å². The molecule has 3 rings (SSSR count). The molecular weight excluding hydrogens is 509 g/mol. The summed E-state index contributed by atoms with van der Waals surface area (Å²) < 4.78 is 0. The Bertz CT molecular complexity index is 820. The van der Waals surface area contributed by atoms with E-state index in [1.807, 2.05) is 42.3 Å². The molecule has 0 radical (unpaired) electrons. The Morgan fingerprint density at radius 1 is 1.29 bits per heavy atom. The molecule has 0 spiro atoms. The number of piperazine rings is 1. The van der Waals surface area contributed by atoms with Gasteiger partial charge < -0.3 is 15.1 Å². The van der Waals surface area contributed by atoms with Gasteiger partial charge in [0.25, 0.3) is 0 Å². The molecule has 1 fully saturated rings. The minimum Gasteiger partial charge on any atom is -0.351 e. The molecule has 0 aliphatic carbocycles. The first kappa shape index (κ1) is 22.9. The maximum Gasteiger partial charge on any atom is 0.227 e. The summed E-state index contributed by atoms with van der Waals surface area (Å²) in [7, 11) is 1.79. The number of carbonyl (C=O) groups is 1. The molecule has 0 atom stereocenters. The van der Waals surface area contributed by atoms with Crippen LogP contribution in [0.15, 0.2) is 35.5 Å². The van der Waals surface area contributed by atoms with Gasteiger partial charge in [-0.25, -0.2) is 4.98 Å². The second-order valence-electron chi connectivity index (χ2n) is 6.42. The number of carbonyl (C=O) groups excluding carboxylic acids is 1. The highest BCUT2D eigenvalue weighted by Crippen LogP contribution is 2.14. The highest BCUT2D eigenvalue weighted by atomic mass is 127. The van der Waals surface area contributed by atoms with E-state index in [2.05, 4.69) is 20.2 Å². The van der Waals surface area contributed by atoms with Crippen LogP contribution in [-0.2, 0) is 17.8 Å². The molecule has 6 nitrogen and oxygen atoms in total. The van der Waals surface area contributed by atoms with E-state index in [0.29, 0.717) is 31.1 Å². The predicted molar refractivity (Wildman–Crippen MR) is 126 cm³/mol. The fraction of sp³-hybridized carbons (Fsp3) is 0.421. The summed E-state index contributed by atoms with van der Waals surface area (Å²) in [5.41, 5.74) is 0.951. The number of nitrogens with one attached hydrogen (secondary N) is 1. The van der Waals surface area contributed by atoms with Crippen molar-refractivity contribution in [2.45, 2.75) is 19.9 Å². The summed E-state index contributed by atoms with van der Waals surface area (Å²) in [5, 5.41) is 5.11. The van der Waals surface area contributed by atoms with Gasteiger partial charge in [-0.3, -0.25) is 9.79 Å². The molecule has 28 heavy (non-hydrogen) atoms. The van der Waals surface area contributed by atoms with Gasteiger partial charge in [-0.05, 0) is 24.6 Å². The lowest BCUT2D eigenvalue weighted by Gasteiger charge is -2.36. The Morgan fingerprint density at radius 3 is 2.61 bits per heavy atom. The number of aliphatic imine (C=N–C) groups is 1. The molecule has 1 saturated heterocycles. The summed E-state index contributed by atoms with van der Waals surface area (Å²) in [6.07, 6.45) is 2.28. The SMILES string of the molecule is CN=C(NCc1cnc(C)s1)N1CCN(C(=O)Cc2cccc(Cl)c2)CC1.I. The lowest BCUT2D eigenvalue weighted by Crippen LogP contribution is -2.53. The van der Waals surface area contributed by atoms with Gasteiger partial charge in [0.2, 0.25) is 5.91 Å². The standard InChI is InChI=1S/C19H24ClN5OS.HI/c1-14-22-12-17(27-14)13-23-19(21-2)25-8-6-24(7-9-25)18(26)11-15-4-3-5-16(20)10-15;/h3-5,10,12H,6-9,11,13H2,1-2H3,(H,21,23);1H. The van der Waals surface area contributed by atoms with Crippen molar-refractivity contribution in [3.63, 3.8) is 0 Å². The zero-order chi connectivity index (χ0) is 19.2. The summed E-state index contributed by atoms with van der Waals surface area (Å²) in [5.74, 6) is 1.00. The third-order valence-electron chi connectivity index (χ3n) is 4.48. The molecule has 9 heteroatoms. The first-order valence-corrected chi connectivity index (χ1v) is 10.1. The number of halogens is 2. The second-order valence-corrected chi connectivity index (χ2v) is 8.18. The topological polar surface area (TPSA) is 60.8 Å². The number of rotatable bonds is 4. The molecule has 1 aliphatic heterocycles. The van der Waals surface area contributed by atoms with Crippen LogP contribution in [0.1, 0.15) is 15.4 Å². The van der Waals surface area contributed by atoms with Gasteiger partial charge in [-0.1, -0.05) is 23.7 Å². The van der Waals surface area contributed by atoms with E-state index in [0.717, 1.165) is 29.6 Å². The Balaban J connectivity index is 0.00000280. The maximum atomic E-state index is 12.6. The molecule has 1 aliphatic rings. The minimum absolute atomic E-state index is 0. The van der Waals surface area contributed by atoms with Crippen LogP contribution in [0, 0.1) is 6.92 Å². The molecule has 1 aromatic heterocycles. The van der Waals surface area contributed by atoms with Crippen molar-refractivity contribution >= 4 is 58.8 Å². The first-order valence-electron chi connectivity index (χ1n) is 8.94. The van der Waals surface area contributed by atoms with Crippen LogP contribution in [0.2, 0.25) is 5.02 Å². The summed E-state index contributed by atoms with van der Waals surface area (Å²) in [6.45, 7) is 5.64. The fourth-order valence-corrected chi connectivity index (χ4v) is 4.03. The monoisotopic (exact) mass is 533 g/mol. The second kappa shape index (κ2) is 11.0. The van der Waals surface area contributed by atoms with Crippen molar-refractivity contribution in [1.29, 1.82) is 0 Å². The highest BCUT2D eigenvalue weighted by molar-refractivity contribution is 14.0. The van der Waals surface area contributed by atoms with Crippen molar-refractivity contribution in [3.05, 3.63) is 50.9 Å². The maximum absolute atomic E-state index is 12.6. The number of hydrogen-bond acceptors (Lipinski definition) is 4. The number of aromatic nitrogens is 1. The highest BCUT2D eigenvalue weighted by Gasteiger charge is 2.23. The molecule has 152 valence electrons. The molecule has 2 aromatic rings. The summed E-state index contributed by atoms with van der Waals surface area (Å²) >= 11 is 7.69. The van der Waals surface area contributed by atoms with Gasteiger partial charge in [0, 0.05) is 49.3 Å². The van der Waals surface area contributed by atoms with E-state index in [9.17, 15) is 4.79 Å². The van der Waals surface area contributed by atoms with E-state index in [1.54, 1.807) is 18.4 Å². The number of nitrogens with zero attached hydrogens (tertiary/aromatic N) is 4. The van der Waals surface area contributed by atoms with Crippen molar-refractivity contribution in [2.24, 2.45) is 4.99 Å². The third-order valence-corrected chi connectivity index (χ3v) is 5.63. The number of guanidine groups is 1. The number of benzene rings is 1. The smallest absolute Gasteiger partial charge is 0.227 e. The van der Waals surface area contributed by atoms with Crippen LogP contribution < -0.4 is 5.32 Å². The quantitative estimate of drug-likeness (QED) is 0.373. The van der Waals surface area contributed by atoms with Gasteiger partial charge in [0.15, 0.2) is 5.96 Å². The number of amides is 1. The molecular formula is C19H25ClIN5OS. The predicted octanol–water partition coefficient (Wildman–Crippen LogP) is 3.19. The van der Waals surface area contributed by atoms with E-state index >= 15 is 0 Å². The lowest BCUT2D eigenvalue weighted by molar-refractivity contribution is -0.131. The van der Waals surface area contributed by atoms with Crippen LogP contribution in [0.4, 0.5) is 0 Å². The molecule has 0 unspecified atom stereocenters. The largest absolute Gasteiger partial charge is 0.351 e. The minimum atomic E-state index is 0. The molecule has 1 aromatic carbocycles. The van der Waals surface area contributed by atoms with Gasteiger partial charge in [0.1, 0.15) is 0 Å². The zero-order valence-corrected chi connectivity index (χ0v) is 19.9. The number of thiazole rings is 1. The van der Waals surface area contributed by atoms with Crippen molar-refractivity contribution < 1.29 is 4.79 Å². The Morgan fingerprint density at radius 2 is 2.00 bits per heavy atom. The zero-order valence-electron chi connectivity index (χ0n) is 16.0. The van der Waals surface area contributed by atoms with Crippen LogP contribution >= 0.6 is 46.9 Å². The number of hydrogen-bond donors (Lipinski definition) is 1. The molecule has 2 heterocycles. The fourth-order valence-electron chi connectivity index (χ4n) is 3.09. The number of aryl methyl sites for hydroxylation is 1. The Hall–Kier alpha value is -1.39. The van der Waals surface area contributed by atoms with Crippen LogP contribution in [-0.4, -0.2) is 59.9 Å². The average Bonchev–Trinajstić information content (AvgIpc) is 3.08. The molecule has 1 N–H and O–H groups in total. The molecule has 1 amide bonds. The van der Waals surface area contributed by atoms with Crippen LogP contribution in [0.3, 0.4) is 0 Å². The van der Waals surface area contributed by atoms with Crippen molar-refractivity contribution in [3.8, 4) is 0 Å². The lowest BCUT2D eigenvalue weighted by atomic mass is 10.1. The average molecular weight is 534 g/mol. The van der Waals surface area contributed by atoms with Crippen molar-refractivity contribution in [2.75, 3.05) is 33.2 Å². The van der Waals surface area contributed by atoms with Crippen molar-refractivity contribution in [1.82, 2.24) is 20.1 Å². The van der Waals surface area contributed by atoms with E-state index in [1.165, 1.54) is 4.88 Å². The van der Waals surface area contributed by atoms with Crippen LogP contribution in [0.25, 0.3) is 0 Å². The molecule has 0 saturated carbocycles.